The zero-order chi connectivity index (χ0) is 12.3. The highest BCUT2D eigenvalue weighted by Gasteiger charge is 2.24. The summed E-state index contributed by atoms with van der Waals surface area (Å²) < 4.78 is 0. The first-order valence-electron chi connectivity index (χ1n) is 6.73. The zero-order valence-corrected chi connectivity index (χ0v) is 11.0. The number of hydrogen-bond acceptors (Lipinski definition) is 2. The van der Waals surface area contributed by atoms with Gasteiger partial charge in [0.15, 0.2) is 0 Å². The van der Waals surface area contributed by atoms with Crippen LogP contribution >= 0.6 is 0 Å². The van der Waals surface area contributed by atoms with Crippen LogP contribution in [0.25, 0.3) is 0 Å². The van der Waals surface area contributed by atoms with Gasteiger partial charge in [-0.15, -0.1) is 0 Å². The molecule has 1 aromatic rings. The molecule has 2 nitrogen and oxygen atoms in total. The third kappa shape index (κ3) is 3.47. The van der Waals surface area contributed by atoms with Crippen LogP contribution in [0.4, 0.5) is 5.69 Å². The van der Waals surface area contributed by atoms with Gasteiger partial charge in [0.05, 0.1) is 0 Å². The summed E-state index contributed by atoms with van der Waals surface area (Å²) >= 11 is 0. The zero-order valence-electron chi connectivity index (χ0n) is 11.0. The van der Waals surface area contributed by atoms with Crippen LogP contribution in [0.2, 0.25) is 0 Å². The third-order valence-corrected chi connectivity index (χ3v) is 3.80. The monoisotopic (exact) mass is 232 g/mol. The van der Waals surface area contributed by atoms with Gasteiger partial charge >= 0.3 is 0 Å². The second kappa shape index (κ2) is 5.54. The number of nitrogens with zero attached hydrogens (tertiary/aromatic N) is 1. The van der Waals surface area contributed by atoms with Gasteiger partial charge in [-0.25, -0.2) is 0 Å². The van der Waals surface area contributed by atoms with Crippen molar-refractivity contribution in [3.05, 3.63) is 29.8 Å². The number of benzene rings is 1. The van der Waals surface area contributed by atoms with Crippen molar-refractivity contribution in [1.82, 2.24) is 4.90 Å². The second-order valence-corrected chi connectivity index (χ2v) is 5.53. The van der Waals surface area contributed by atoms with Crippen LogP contribution < -0.4 is 5.73 Å². The number of hydrogen-bond donors (Lipinski definition) is 1. The van der Waals surface area contributed by atoms with E-state index in [1.807, 2.05) is 12.1 Å². The average molecular weight is 232 g/mol. The van der Waals surface area contributed by atoms with Crippen LogP contribution in [-0.4, -0.2) is 24.0 Å². The fourth-order valence-corrected chi connectivity index (χ4v) is 2.87. The molecular weight excluding hydrogens is 208 g/mol. The molecule has 2 unspecified atom stereocenters. The Kier molecular flexibility index (Phi) is 4.06. The number of nitrogen functional groups attached to an aromatic ring is 1. The smallest absolute Gasteiger partial charge is 0.0314 e. The summed E-state index contributed by atoms with van der Waals surface area (Å²) in [4.78, 5) is 2.63. The molecule has 94 valence electrons. The first kappa shape index (κ1) is 12.4. The second-order valence-electron chi connectivity index (χ2n) is 5.53. The Bertz CT molecular complexity index is 344. The standard InChI is InChI=1S/C15H24N2/c1-12-10-13(2)17(11-12)9-3-4-14-5-7-15(16)8-6-14/h5-8,12-13H,3-4,9-11,16H2,1-2H3. The lowest BCUT2D eigenvalue weighted by molar-refractivity contribution is 0.262. The van der Waals surface area contributed by atoms with Crippen molar-refractivity contribution in [3.8, 4) is 0 Å². The van der Waals surface area contributed by atoms with Gasteiger partial charge in [-0.1, -0.05) is 19.1 Å². The Morgan fingerprint density at radius 2 is 1.94 bits per heavy atom. The van der Waals surface area contributed by atoms with Crippen LogP contribution in [0.3, 0.4) is 0 Å². The van der Waals surface area contributed by atoms with E-state index in [1.54, 1.807) is 0 Å². The van der Waals surface area contributed by atoms with Crippen molar-refractivity contribution in [1.29, 1.82) is 0 Å². The van der Waals surface area contributed by atoms with Crippen molar-refractivity contribution in [3.63, 3.8) is 0 Å². The fourth-order valence-electron chi connectivity index (χ4n) is 2.87. The molecule has 1 aromatic carbocycles. The quantitative estimate of drug-likeness (QED) is 0.809. The average Bonchev–Trinajstić information content (AvgIpc) is 2.60. The Hall–Kier alpha value is -1.02. The number of rotatable bonds is 4. The van der Waals surface area contributed by atoms with Gasteiger partial charge in [0.2, 0.25) is 0 Å². The van der Waals surface area contributed by atoms with Crippen molar-refractivity contribution in [2.45, 2.75) is 39.2 Å². The van der Waals surface area contributed by atoms with Crippen molar-refractivity contribution in [2.75, 3.05) is 18.8 Å². The number of anilines is 1. The van der Waals surface area contributed by atoms with Crippen molar-refractivity contribution in [2.24, 2.45) is 5.92 Å². The molecule has 0 amide bonds. The van der Waals surface area contributed by atoms with Crippen LogP contribution in [0.15, 0.2) is 24.3 Å². The van der Waals surface area contributed by atoms with Crippen LogP contribution in [-0.2, 0) is 6.42 Å². The van der Waals surface area contributed by atoms with E-state index in [-0.39, 0.29) is 0 Å². The normalized spacial score (nSPS) is 25.3. The van der Waals surface area contributed by atoms with E-state index in [9.17, 15) is 0 Å². The highest BCUT2D eigenvalue weighted by molar-refractivity contribution is 5.39. The number of aryl methyl sites for hydroxylation is 1. The molecular formula is C15H24N2. The Labute approximate surface area is 105 Å². The molecule has 0 aliphatic carbocycles. The molecule has 0 spiro atoms. The molecule has 1 fully saturated rings. The number of likely N-dealkylation sites (tertiary alicyclic amines) is 1. The van der Waals surface area contributed by atoms with Gasteiger partial charge in [-0.3, -0.25) is 0 Å². The Balaban J connectivity index is 1.74. The molecule has 1 saturated heterocycles. The molecule has 0 radical (unpaired) electrons. The molecule has 0 bridgehead atoms. The highest BCUT2D eigenvalue weighted by atomic mass is 15.2. The summed E-state index contributed by atoms with van der Waals surface area (Å²) in [7, 11) is 0. The van der Waals surface area contributed by atoms with Gasteiger partial charge in [-0.2, -0.15) is 0 Å². The van der Waals surface area contributed by atoms with Gasteiger partial charge < -0.3 is 10.6 Å². The number of nitrogens with two attached hydrogens (primary N) is 1. The SMILES string of the molecule is CC1CC(C)N(CCCc2ccc(N)cc2)C1. The largest absolute Gasteiger partial charge is 0.399 e. The fraction of sp³-hybridized carbons (Fsp3) is 0.600. The first-order chi connectivity index (χ1) is 8.15. The third-order valence-electron chi connectivity index (χ3n) is 3.80. The molecule has 17 heavy (non-hydrogen) atoms. The van der Waals surface area contributed by atoms with Crippen LogP contribution in [0.1, 0.15) is 32.3 Å². The summed E-state index contributed by atoms with van der Waals surface area (Å²) in [6.07, 6.45) is 3.78. The minimum Gasteiger partial charge on any atom is -0.399 e. The van der Waals surface area contributed by atoms with E-state index in [1.165, 1.54) is 31.5 Å². The van der Waals surface area contributed by atoms with E-state index < -0.39 is 0 Å². The summed E-state index contributed by atoms with van der Waals surface area (Å²) in [5.74, 6) is 0.876. The summed E-state index contributed by atoms with van der Waals surface area (Å²) in [5.41, 5.74) is 7.94. The Morgan fingerprint density at radius 3 is 2.53 bits per heavy atom. The van der Waals surface area contributed by atoms with E-state index in [4.69, 9.17) is 5.73 Å². The maximum Gasteiger partial charge on any atom is 0.0314 e. The van der Waals surface area contributed by atoms with E-state index >= 15 is 0 Å². The molecule has 2 N–H and O–H groups in total. The predicted molar refractivity (Wildman–Crippen MR) is 74.0 cm³/mol. The topological polar surface area (TPSA) is 29.3 Å². The van der Waals surface area contributed by atoms with E-state index in [2.05, 4.69) is 30.9 Å². The van der Waals surface area contributed by atoms with E-state index in [0.29, 0.717) is 0 Å². The maximum absolute atomic E-state index is 5.68. The molecule has 0 aromatic heterocycles. The lowest BCUT2D eigenvalue weighted by atomic mass is 10.1. The molecule has 2 atom stereocenters. The molecule has 1 aliphatic rings. The Morgan fingerprint density at radius 1 is 1.24 bits per heavy atom. The summed E-state index contributed by atoms with van der Waals surface area (Å²) in [6, 6.07) is 9.05. The predicted octanol–water partition coefficient (Wildman–Crippen LogP) is 2.93. The molecule has 2 rings (SSSR count). The first-order valence-corrected chi connectivity index (χ1v) is 6.73. The highest BCUT2D eigenvalue weighted by Crippen LogP contribution is 2.22. The van der Waals surface area contributed by atoms with E-state index in [0.717, 1.165) is 24.1 Å². The van der Waals surface area contributed by atoms with Gasteiger partial charge in [0.1, 0.15) is 0 Å². The van der Waals surface area contributed by atoms with Crippen LogP contribution in [0.5, 0.6) is 0 Å². The van der Waals surface area contributed by atoms with Crippen molar-refractivity contribution >= 4 is 5.69 Å². The molecule has 1 heterocycles. The lowest BCUT2D eigenvalue weighted by Gasteiger charge is -2.20. The van der Waals surface area contributed by atoms with Gasteiger partial charge in [0.25, 0.3) is 0 Å². The van der Waals surface area contributed by atoms with Gasteiger partial charge in [-0.05, 0) is 56.3 Å². The summed E-state index contributed by atoms with van der Waals surface area (Å²) in [5, 5.41) is 0. The maximum atomic E-state index is 5.68. The molecule has 1 aliphatic heterocycles. The minimum absolute atomic E-state index is 0.774. The van der Waals surface area contributed by atoms with Crippen molar-refractivity contribution < 1.29 is 0 Å². The summed E-state index contributed by atoms with van der Waals surface area (Å²) in [6.45, 7) is 7.22. The van der Waals surface area contributed by atoms with Crippen LogP contribution in [0, 0.1) is 5.92 Å². The minimum atomic E-state index is 0.774. The van der Waals surface area contributed by atoms with Gasteiger partial charge in [0, 0.05) is 18.3 Å². The molecule has 2 heteroatoms. The molecule has 0 saturated carbocycles. The lowest BCUT2D eigenvalue weighted by Crippen LogP contribution is -2.28.